The lowest BCUT2D eigenvalue weighted by Gasteiger charge is -2.04. The first-order valence-electron chi connectivity index (χ1n) is 6.84. The maximum absolute atomic E-state index is 6.13. The predicted octanol–water partition coefficient (Wildman–Crippen LogP) is 3.33. The summed E-state index contributed by atoms with van der Waals surface area (Å²) in [6.45, 7) is 6.39. The first-order chi connectivity index (χ1) is 9.60. The van der Waals surface area contributed by atoms with Gasteiger partial charge in [-0.15, -0.1) is 0 Å². The molecule has 1 aromatic heterocycles. The number of rotatable bonds is 6. The number of halogens is 1. The second kappa shape index (κ2) is 6.82. The first kappa shape index (κ1) is 14.9. The van der Waals surface area contributed by atoms with Gasteiger partial charge in [0.15, 0.2) is 5.76 Å². The van der Waals surface area contributed by atoms with Crippen LogP contribution in [0.25, 0.3) is 11.3 Å². The van der Waals surface area contributed by atoms with E-state index in [0.717, 1.165) is 30.2 Å². The van der Waals surface area contributed by atoms with Crippen LogP contribution in [0.4, 0.5) is 0 Å². The van der Waals surface area contributed by atoms with Crippen molar-refractivity contribution in [3.05, 3.63) is 41.1 Å². The third kappa shape index (κ3) is 3.78. The lowest BCUT2D eigenvalue weighted by molar-refractivity contribution is -0.676. The second-order valence-corrected chi connectivity index (χ2v) is 5.64. The molecule has 108 valence electrons. The van der Waals surface area contributed by atoms with Gasteiger partial charge in [0.1, 0.15) is 18.1 Å². The quantitative estimate of drug-likeness (QED) is 0.887. The lowest BCUT2D eigenvalue weighted by Crippen LogP contribution is -2.83. The maximum Gasteiger partial charge on any atom is 0.158 e. The normalized spacial score (nSPS) is 11.1. The number of ether oxygens (including phenoxy) is 1. The zero-order valence-electron chi connectivity index (χ0n) is 12.2. The van der Waals surface area contributed by atoms with E-state index in [9.17, 15) is 0 Å². The topological polar surface area (TPSA) is 39.0 Å². The van der Waals surface area contributed by atoms with Crippen molar-refractivity contribution in [3.8, 4) is 17.1 Å². The predicted molar refractivity (Wildman–Crippen MR) is 81.0 cm³/mol. The zero-order chi connectivity index (χ0) is 14.5. The molecule has 3 nitrogen and oxygen atoms in total. The van der Waals surface area contributed by atoms with Gasteiger partial charge in [0.2, 0.25) is 0 Å². The van der Waals surface area contributed by atoms with Gasteiger partial charge in [-0.25, -0.2) is 0 Å². The van der Waals surface area contributed by atoms with Crippen molar-refractivity contribution in [3.63, 3.8) is 0 Å². The minimum absolute atomic E-state index is 0.592. The Bertz CT molecular complexity index is 563. The summed E-state index contributed by atoms with van der Waals surface area (Å²) in [7, 11) is 1.61. The van der Waals surface area contributed by atoms with Crippen LogP contribution < -0.4 is 10.1 Å². The Morgan fingerprint density at radius 2 is 2.05 bits per heavy atom. The molecular weight excluding hydrogens is 274 g/mol. The fourth-order valence-electron chi connectivity index (χ4n) is 2.02. The lowest BCUT2D eigenvalue weighted by atomic mass is 10.2. The van der Waals surface area contributed by atoms with E-state index >= 15 is 0 Å². The highest BCUT2D eigenvalue weighted by molar-refractivity contribution is 6.32. The molecule has 1 heterocycles. The monoisotopic (exact) mass is 294 g/mol. The molecule has 2 rings (SSSR count). The van der Waals surface area contributed by atoms with Crippen molar-refractivity contribution in [2.24, 2.45) is 5.92 Å². The van der Waals surface area contributed by atoms with Crippen LogP contribution in [0.2, 0.25) is 5.02 Å². The van der Waals surface area contributed by atoms with Crippen molar-refractivity contribution in [1.29, 1.82) is 0 Å². The van der Waals surface area contributed by atoms with Gasteiger partial charge in [-0.1, -0.05) is 25.4 Å². The van der Waals surface area contributed by atoms with Gasteiger partial charge in [0.05, 0.1) is 18.7 Å². The van der Waals surface area contributed by atoms with E-state index in [1.807, 2.05) is 30.3 Å². The highest BCUT2D eigenvalue weighted by atomic mass is 35.5. The molecule has 20 heavy (non-hydrogen) atoms. The standard InChI is InChI=1S/C16H20ClNO2/c1-11(2)9-18-10-13-5-7-15(20-13)12-4-6-16(19-3)14(17)8-12/h4-8,11,18H,9-10H2,1-3H3/p+1. The Labute approximate surface area is 124 Å². The van der Waals surface area contributed by atoms with E-state index in [1.54, 1.807) is 7.11 Å². The molecule has 0 amide bonds. The molecule has 2 aromatic rings. The summed E-state index contributed by atoms with van der Waals surface area (Å²) >= 11 is 6.13. The minimum atomic E-state index is 0.592. The third-order valence-electron chi connectivity index (χ3n) is 3.08. The molecule has 0 spiro atoms. The van der Waals surface area contributed by atoms with Crippen molar-refractivity contribution >= 4 is 11.6 Å². The molecule has 0 atom stereocenters. The van der Waals surface area contributed by atoms with Crippen molar-refractivity contribution < 1.29 is 14.5 Å². The number of methoxy groups -OCH3 is 1. The van der Waals surface area contributed by atoms with Crippen molar-refractivity contribution in [2.45, 2.75) is 20.4 Å². The SMILES string of the molecule is COc1ccc(-c2ccc(C[NH2+]CC(C)C)o2)cc1Cl. The smallest absolute Gasteiger partial charge is 0.158 e. The molecule has 0 fully saturated rings. The van der Waals surface area contributed by atoms with Gasteiger partial charge in [-0.05, 0) is 30.3 Å². The highest BCUT2D eigenvalue weighted by Gasteiger charge is 2.09. The summed E-state index contributed by atoms with van der Waals surface area (Å²) in [6.07, 6.45) is 0. The van der Waals surface area contributed by atoms with Gasteiger partial charge in [-0.3, -0.25) is 0 Å². The van der Waals surface area contributed by atoms with E-state index in [0.29, 0.717) is 16.7 Å². The first-order valence-corrected chi connectivity index (χ1v) is 7.22. The van der Waals surface area contributed by atoms with Crippen LogP contribution in [-0.4, -0.2) is 13.7 Å². The van der Waals surface area contributed by atoms with Gasteiger partial charge in [0.25, 0.3) is 0 Å². The Morgan fingerprint density at radius 1 is 1.25 bits per heavy atom. The fraction of sp³-hybridized carbons (Fsp3) is 0.375. The molecule has 1 aromatic carbocycles. The van der Waals surface area contributed by atoms with Crippen LogP contribution in [0.1, 0.15) is 19.6 Å². The van der Waals surface area contributed by atoms with Gasteiger partial charge in [0, 0.05) is 11.5 Å². The number of hydrogen-bond acceptors (Lipinski definition) is 2. The van der Waals surface area contributed by atoms with E-state index in [1.165, 1.54) is 0 Å². The second-order valence-electron chi connectivity index (χ2n) is 5.24. The molecular formula is C16H21ClNO2+. The number of quaternary nitrogens is 1. The summed E-state index contributed by atoms with van der Waals surface area (Å²) in [6, 6.07) is 9.66. The van der Waals surface area contributed by atoms with E-state index < -0.39 is 0 Å². The highest BCUT2D eigenvalue weighted by Crippen LogP contribution is 2.30. The van der Waals surface area contributed by atoms with Crippen molar-refractivity contribution in [2.75, 3.05) is 13.7 Å². The summed E-state index contributed by atoms with van der Waals surface area (Å²) in [5.74, 6) is 3.17. The summed E-state index contributed by atoms with van der Waals surface area (Å²) in [4.78, 5) is 0. The average molecular weight is 295 g/mol. The molecule has 0 saturated carbocycles. The van der Waals surface area contributed by atoms with Crippen LogP contribution in [-0.2, 0) is 6.54 Å². The Morgan fingerprint density at radius 3 is 2.70 bits per heavy atom. The summed E-state index contributed by atoms with van der Waals surface area (Å²) in [5, 5.41) is 2.85. The fourth-order valence-corrected chi connectivity index (χ4v) is 2.28. The molecule has 4 heteroatoms. The van der Waals surface area contributed by atoms with Crippen LogP contribution in [0.3, 0.4) is 0 Å². The molecule has 0 radical (unpaired) electrons. The molecule has 0 aliphatic carbocycles. The number of nitrogens with two attached hydrogens (primary N) is 1. The number of furan rings is 1. The van der Waals surface area contributed by atoms with E-state index in [4.69, 9.17) is 20.8 Å². The molecule has 0 aliphatic rings. The van der Waals surface area contributed by atoms with Crippen LogP contribution in [0.5, 0.6) is 5.75 Å². The molecule has 0 unspecified atom stereocenters. The van der Waals surface area contributed by atoms with Crippen LogP contribution in [0, 0.1) is 5.92 Å². The van der Waals surface area contributed by atoms with Crippen LogP contribution in [0.15, 0.2) is 34.7 Å². The maximum atomic E-state index is 6.13. The van der Waals surface area contributed by atoms with E-state index in [2.05, 4.69) is 19.2 Å². The molecule has 2 N–H and O–H groups in total. The zero-order valence-corrected chi connectivity index (χ0v) is 12.9. The van der Waals surface area contributed by atoms with Crippen LogP contribution >= 0.6 is 11.6 Å². The summed E-state index contributed by atoms with van der Waals surface area (Å²) < 4.78 is 11.0. The Kier molecular flexibility index (Phi) is 5.10. The van der Waals surface area contributed by atoms with Gasteiger partial charge in [-0.2, -0.15) is 0 Å². The molecule has 0 aliphatic heterocycles. The minimum Gasteiger partial charge on any atom is -0.495 e. The number of hydrogen-bond donors (Lipinski definition) is 1. The molecule has 0 bridgehead atoms. The summed E-state index contributed by atoms with van der Waals surface area (Å²) in [5.41, 5.74) is 0.964. The number of benzene rings is 1. The van der Waals surface area contributed by atoms with Gasteiger partial charge < -0.3 is 14.5 Å². The van der Waals surface area contributed by atoms with Crippen molar-refractivity contribution in [1.82, 2.24) is 0 Å². The third-order valence-corrected chi connectivity index (χ3v) is 3.38. The molecule has 0 saturated heterocycles. The Hall–Kier alpha value is -1.45. The Balaban J connectivity index is 2.06. The van der Waals surface area contributed by atoms with E-state index in [-0.39, 0.29) is 0 Å². The van der Waals surface area contributed by atoms with Gasteiger partial charge >= 0.3 is 0 Å². The average Bonchev–Trinajstić information content (AvgIpc) is 2.87. The largest absolute Gasteiger partial charge is 0.495 e.